The van der Waals surface area contributed by atoms with Crippen molar-refractivity contribution in [2.45, 2.75) is 31.7 Å². The van der Waals surface area contributed by atoms with Gasteiger partial charge in [0.05, 0.1) is 12.1 Å². The van der Waals surface area contributed by atoms with Gasteiger partial charge in [-0.2, -0.15) is 0 Å². The van der Waals surface area contributed by atoms with Gasteiger partial charge < -0.3 is 20.9 Å². The molecule has 0 fully saturated rings. The maximum Gasteiger partial charge on any atom is 0.133 e. The lowest BCUT2D eigenvalue weighted by molar-refractivity contribution is 0.142. The molecule has 3 aromatic rings. The van der Waals surface area contributed by atoms with Gasteiger partial charge in [-0.15, -0.1) is 0 Å². The molecule has 4 nitrogen and oxygen atoms in total. The Kier molecular flexibility index (Phi) is 7.06. The molecule has 0 aliphatic rings. The number of nitrogens with one attached hydrogen (secondary N) is 1. The Morgan fingerprint density at radius 2 is 1.61 bits per heavy atom. The quantitative estimate of drug-likeness (QED) is 0.517. The van der Waals surface area contributed by atoms with E-state index in [2.05, 4.69) is 5.32 Å². The lowest BCUT2D eigenvalue weighted by atomic mass is 9.96. The van der Waals surface area contributed by atoms with Crippen LogP contribution in [0.1, 0.15) is 24.1 Å². The molecule has 0 saturated carbocycles. The van der Waals surface area contributed by atoms with Crippen LogP contribution in [0.25, 0.3) is 0 Å². The molecule has 0 bridgehead atoms. The van der Waals surface area contributed by atoms with Gasteiger partial charge in [0, 0.05) is 23.2 Å². The first-order valence-electron chi connectivity index (χ1n) is 9.28. The van der Waals surface area contributed by atoms with Crippen LogP contribution in [0, 0.1) is 0 Å². The van der Waals surface area contributed by atoms with Gasteiger partial charge in [-0.25, -0.2) is 0 Å². The number of para-hydroxylation sites is 1. The van der Waals surface area contributed by atoms with E-state index in [4.69, 9.17) is 22.1 Å². The van der Waals surface area contributed by atoms with E-state index in [1.54, 1.807) is 6.92 Å². The minimum Gasteiger partial charge on any atom is -0.457 e. The molecule has 0 amide bonds. The van der Waals surface area contributed by atoms with Crippen LogP contribution in [0.5, 0.6) is 11.5 Å². The highest BCUT2D eigenvalue weighted by Gasteiger charge is 2.24. The highest BCUT2D eigenvalue weighted by Crippen LogP contribution is 2.31. The van der Waals surface area contributed by atoms with Crippen molar-refractivity contribution in [3.05, 3.63) is 95.0 Å². The maximum absolute atomic E-state index is 10.0. The third-order valence-electron chi connectivity index (χ3n) is 4.65. The molecule has 0 aromatic heterocycles. The predicted octanol–water partition coefficient (Wildman–Crippen LogP) is 4.67. The van der Waals surface area contributed by atoms with Gasteiger partial charge in [0.25, 0.3) is 0 Å². The summed E-state index contributed by atoms with van der Waals surface area (Å²) in [7, 11) is 0. The zero-order chi connectivity index (χ0) is 19.9. The first kappa shape index (κ1) is 20.4. The van der Waals surface area contributed by atoms with Crippen molar-refractivity contribution >= 4 is 11.6 Å². The van der Waals surface area contributed by atoms with Crippen LogP contribution in [-0.4, -0.2) is 17.3 Å². The summed E-state index contributed by atoms with van der Waals surface area (Å²) in [6.07, 6.45) is -0.663. The fourth-order valence-electron chi connectivity index (χ4n) is 3.05. The van der Waals surface area contributed by atoms with Gasteiger partial charge in [0.1, 0.15) is 11.5 Å². The van der Waals surface area contributed by atoms with Crippen molar-refractivity contribution in [1.82, 2.24) is 5.32 Å². The monoisotopic (exact) mass is 396 g/mol. The van der Waals surface area contributed by atoms with Crippen molar-refractivity contribution in [1.29, 1.82) is 0 Å². The van der Waals surface area contributed by atoms with Crippen molar-refractivity contribution in [3.8, 4) is 11.5 Å². The molecule has 0 aliphatic carbocycles. The molecule has 0 saturated heterocycles. The molecule has 3 aromatic carbocycles. The van der Waals surface area contributed by atoms with Crippen LogP contribution in [0.4, 0.5) is 0 Å². The van der Waals surface area contributed by atoms with Crippen molar-refractivity contribution in [3.63, 3.8) is 0 Å². The van der Waals surface area contributed by atoms with Crippen LogP contribution >= 0.6 is 11.6 Å². The summed E-state index contributed by atoms with van der Waals surface area (Å²) < 4.78 is 6.03. The van der Waals surface area contributed by atoms with Crippen molar-refractivity contribution in [2.24, 2.45) is 5.73 Å². The molecule has 3 rings (SSSR count). The van der Waals surface area contributed by atoms with Crippen LogP contribution in [0.3, 0.4) is 0 Å². The number of aliphatic hydroxyl groups excluding tert-OH is 1. The summed E-state index contributed by atoms with van der Waals surface area (Å²) in [6.45, 7) is 2.14. The van der Waals surface area contributed by atoms with Crippen molar-refractivity contribution in [2.75, 3.05) is 0 Å². The average Bonchev–Trinajstić information content (AvgIpc) is 2.71. The Labute approximate surface area is 170 Å². The SMILES string of the molecule is C[C@@H](O)[C@@H](N)C(NCc1c(Cl)cccc1Oc1ccccc1)c1ccccc1. The van der Waals surface area contributed by atoms with E-state index in [-0.39, 0.29) is 6.04 Å². The molecule has 4 N–H and O–H groups in total. The van der Waals surface area contributed by atoms with Crippen LogP contribution in [0.15, 0.2) is 78.9 Å². The molecule has 28 heavy (non-hydrogen) atoms. The Bertz CT molecular complexity index is 872. The summed E-state index contributed by atoms with van der Waals surface area (Å²) >= 11 is 6.47. The number of hydrogen-bond acceptors (Lipinski definition) is 4. The molecule has 5 heteroatoms. The Hall–Kier alpha value is -2.37. The number of nitrogens with two attached hydrogens (primary N) is 1. The first-order chi connectivity index (χ1) is 13.6. The van der Waals surface area contributed by atoms with Gasteiger partial charge in [-0.3, -0.25) is 0 Å². The third-order valence-corrected chi connectivity index (χ3v) is 5.00. The summed E-state index contributed by atoms with van der Waals surface area (Å²) in [5, 5.41) is 14.1. The van der Waals surface area contributed by atoms with E-state index in [0.29, 0.717) is 17.3 Å². The van der Waals surface area contributed by atoms with E-state index in [9.17, 15) is 5.11 Å². The minimum absolute atomic E-state index is 0.234. The number of hydrogen-bond donors (Lipinski definition) is 3. The Balaban J connectivity index is 1.83. The predicted molar refractivity (Wildman–Crippen MR) is 114 cm³/mol. The standard InChI is InChI=1S/C23H25ClN2O2/c1-16(27)22(25)23(17-9-4-2-5-10-17)26-15-19-20(24)13-8-14-21(19)28-18-11-6-3-7-12-18/h2-14,16,22-23,26-27H,15,25H2,1H3/t16-,22-,23?/m1/s1. The molecular weight excluding hydrogens is 372 g/mol. The number of aliphatic hydroxyl groups is 1. The minimum atomic E-state index is -0.663. The van der Waals surface area contributed by atoms with Gasteiger partial charge in [-0.05, 0) is 36.8 Å². The average molecular weight is 397 g/mol. The molecule has 3 atom stereocenters. The van der Waals surface area contributed by atoms with Crippen LogP contribution in [-0.2, 0) is 6.54 Å². The number of ether oxygens (including phenoxy) is 1. The molecule has 0 aliphatic heterocycles. The van der Waals surface area contributed by atoms with E-state index in [1.807, 2.05) is 78.9 Å². The highest BCUT2D eigenvalue weighted by atomic mass is 35.5. The second-order valence-corrected chi connectivity index (χ2v) is 7.13. The zero-order valence-corrected chi connectivity index (χ0v) is 16.5. The topological polar surface area (TPSA) is 67.5 Å². The van der Waals surface area contributed by atoms with E-state index in [0.717, 1.165) is 16.9 Å². The summed E-state index contributed by atoms with van der Waals surface area (Å²) in [5.74, 6) is 1.43. The fourth-order valence-corrected chi connectivity index (χ4v) is 3.28. The number of rotatable bonds is 8. The second-order valence-electron chi connectivity index (χ2n) is 6.72. The Morgan fingerprint density at radius 3 is 2.25 bits per heavy atom. The summed E-state index contributed by atoms with van der Waals surface area (Å²) in [5.41, 5.74) is 8.13. The van der Waals surface area contributed by atoms with E-state index >= 15 is 0 Å². The first-order valence-corrected chi connectivity index (χ1v) is 9.66. The van der Waals surface area contributed by atoms with Gasteiger partial charge in [-0.1, -0.05) is 66.2 Å². The van der Waals surface area contributed by atoms with E-state index in [1.165, 1.54) is 0 Å². The third kappa shape index (κ3) is 5.12. The molecule has 0 heterocycles. The zero-order valence-electron chi connectivity index (χ0n) is 15.8. The Morgan fingerprint density at radius 1 is 0.964 bits per heavy atom. The lowest BCUT2D eigenvalue weighted by Crippen LogP contribution is -2.44. The normalized spacial score (nSPS) is 14.3. The summed E-state index contributed by atoms with van der Waals surface area (Å²) in [6, 6.07) is 24.3. The highest BCUT2D eigenvalue weighted by molar-refractivity contribution is 6.31. The largest absolute Gasteiger partial charge is 0.457 e. The molecular formula is C23H25ClN2O2. The van der Waals surface area contributed by atoms with Gasteiger partial charge in [0.2, 0.25) is 0 Å². The molecule has 146 valence electrons. The number of halogens is 1. The van der Waals surface area contributed by atoms with Gasteiger partial charge >= 0.3 is 0 Å². The fraction of sp³-hybridized carbons (Fsp3) is 0.217. The lowest BCUT2D eigenvalue weighted by Gasteiger charge is -2.28. The second kappa shape index (κ2) is 9.71. The smallest absolute Gasteiger partial charge is 0.133 e. The van der Waals surface area contributed by atoms with Crippen molar-refractivity contribution < 1.29 is 9.84 Å². The van der Waals surface area contributed by atoms with Crippen LogP contribution < -0.4 is 15.8 Å². The molecule has 0 radical (unpaired) electrons. The molecule has 1 unspecified atom stereocenters. The number of benzene rings is 3. The van der Waals surface area contributed by atoms with E-state index < -0.39 is 12.1 Å². The van der Waals surface area contributed by atoms with Crippen LogP contribution in [0.2, 0.25) is 5.02 Å². The molecule has 0 spiro atoms. The summed E-state index contributed by atoms with van der Waals surface area (Å²) in [4.78, 5) is 0. The maximum atomic E-state index is 10.0. The van der Waals surface area contributed by atoms with Gasteiger partial charge in [0.15, 0.2) is 0 Å².